The maximum atomic E-state index is 14.4. The molecule has 5 amide bonds. The average Bonchev–Trinajstić information content (AvgIpc) is 4.12. The van der Waals surface area contributed by atoms with Crippen molar-refractivity contribution in [2.45, 2.75) is 237 Å². The fraction of sp³-hybridized carbons (Fsp3) is 0.878. The number of aliphatic carboxylic acids is 1. The normalized spacial score (nSPS) is 21.4. The second kappa shape index (κ2) is 31.1. The molecule has 0 unspecified atom stereocenters. The Labute approximate surface area is 386 Å². The fourth-order valence-electron chi connectivity index (χ4n) is 10.3. The number of hydrogen-bond donors (Lipinski definition) is 3. The van der Waals surface area contributed by atoms with E-state index in [0.29, 0.717) is 64.8 Å². The van der Waals surface area contributed by atoms with E-state index < -0.39 is 36.0 Å². The molecule has 4 rings (SSSR count). The molecule has 3 N–H and O–H groups in total. The number of nitrogens with zero attached hydrogens (tertiary/aromatic N) is 4. The lowest BCUT2D eigenvalue weighted by Crippen LogP contribution is -2.58. The van der Waals surface area contributed by atoms with Gasteiger partial charge in [-0.25, -0.2) is 0 Å². The number of halogens is 1. The Morgan fingerprint density at radius 2 is 0.984 bits per heavy atom. The number of carbonyl (C=O) groups excluding carboxylic acids is 5. The van der Waals surface area contributed by atoms with Gasteiger partial charge >= 0.3 is 5.97 Å². The Hall–Kier alpha value is -2.93. The minimum atomic E-state index is -1.03. The number of likely N-dealkylation sites (tertiary alicyclic amines) is 3. The van der Waals surface area contributed by atoms with Gasteiger partial charge in [0.05, 0.1) is 6.04 Å². The number of carbonyl (C=O) groups is 6. The summed E-state index contributed by atoms with van der Waals surface area (Å²) in [6.45, 7) is 7.75. The predicted octanol–water partition coefficient (Wildman–Crippen LogP) is 8.15. The highest BCUT2D eigenvalue weighted by atomic mass is 35.5. The van der Waals surface area contributed by atoms with Crippen LogP contribution in [0.3, 0.4) is 0 Å². The summed E-state index contributed by atoms with van der Waals surface area (Å²) in [5.41, 5.74) is 0. The summed E-state index contributed by atoms with van der Waals surface area (Å²) in [6.07, 6.45) is 28.7. The van der Waals surface area contributed by atoms with Crippen LogP contribution in [0.4, 0.5) is 0 Å². The number of amides is 5. The molecule has 4 fully saturated rings. The molecule has 0 spiro atoms. The van der Waals surface area contributed by atoms with Crippen LogP contribution < -0.4 is 10.6 Å². The summed E-state index contributed by atoms with van der Waals surface area (Å²) in [6, 6.07) is -3.37. The van der Waals surface area contributed by atoms with Gasteiger partial charge in [-0.1, -0.05) is 129 Å². The maximum Gasteiger partial charge on any atom is 0.303 e. The van der Waals surface area contributed by atoms with Gasteiger partial charge in [0, 0.05) is 39.1 Å². The highest BCUT2D eigenvalue weighted by Crippen LogP contribution is 2.29. The first-order chi connectivity index (χ1) is 30.2. The third-order valence-corrected chi connectivity index (χ3v) is 14.0. The molecular formula is C49H87ClN6O7. The number of carboxylic acid groups (broad SMARTS) is 1. The summed E-state index contributed by atoms with van der Waals surface area (Å²) in [5.74, 6) is -2.19. The van der Waals surface area contributed by atoms with Crippen LogP contribution in [0.5, 0.6) is 0 Å². The Morgan fingerprint density at radius 1 is 0.571 bits per heavy atom. The molecule has 362 valence electrons. The number of unbranched alkanes of at least 4 members (excludes halogenated alkanes) is 18. The highest BCUT2D eigenvalue weighted by Gasteiger charge is 2.46. The SMILES string of the molecule is CCCCCCCCCCCCN(CCCCCCCCCCCC)C(=O)[C@H](CCC(=O)O)NC(=O)[C@@H]1CCCN1C(=O)[C@@H]1CCCN1C(=O)[C@@H]1CCCN1C(=O)[C@@H]1CCCN1.Cl. The van der Waals surface area contributed by atoms with E-state index in [0.717, 1.165) is 64.3 Å². The number of carboxylic acids is 1. The van der Waals surface area contributed by atoms with Crippen LogP contribution in [0, 0.1) is 0 Å². The van der Waals surface area contributed by atoms with Crippen LogP contribution in [0.15, 0.2) is 0 Å². The summed E-state index contributed by atoms with van der Waals surface area (Å²) >= 11 is 0. The molecule has 0 aromatic rings. The molecule has 63 heavy (non-hydrogen) atoms. The summed E-state index contributed by atoms with van der Waals surface area (Å²) < 4.78 is 0. The molecule has 0 aromatic carbocycles. The van der Waals surface area contributed by atoms with Crippen molar-refractivity contribution >= 4 is 47.9 Å². The lowest BCUT2D eigenvalue weighted by atomic mass is 10.0. The first-order valence-electron chi connectivity index (χ1n) is 25.6. The van der Waals surface area contributed by atoms with Crippen molar-refractivity contribution in [3.63, 3.8) is 0 Å². The molecule has 4 aliphatic heterocycles. The van der Waals surface area contributed by atoms with Gasteiger partial charge in [0.15, 0.2) is 0 Å². The molecule has 0 radical (unpaired) electrons. The number of rotatable bonds is 31. The van der Waals surface area contributed by atoms with Gasteiger partial charge in [0.1, 0.15) is 24.2 Å². The van der Waals surface area contributed by atoms with Crippen LogP contribution in [0.1, 0.15) is 206 Å². The van der Waals surface area contributed by atoms with E-state index in [4.69, 9.17) is 0 Å². The van der Waals surface area contributed by atoms with Crippen LogP contribution in [-0.2, 0) is 28.8 Å². The van der Waals surface area contributed by atoms with Crippen molar-refractivity contribution in [1.29, 1.82) is 0 Å². The molecule has 0 aliphatic carbocycles. The third kappa shape index (κ3) is 18.1. The Kier molecular flexibility index (Phi) is 26.8. The monoisotopic (exact) mass is 907 g/mol. The van der Waals surface area contributed by atoms with Gasteiger partial charge in [0.2, 0.25) is 29.5 Å². The molecule has 4 heterocycles. The Bertz CT molecular complexity index is 1360. The van der Waals surface area contributed by atoms with Gasteiger partial charge in [-0.3, -0.25) is 28.8 Å². The van der Waals surface area contributed by atoms with Crippen molar-refractivity contribution in [1.82, 2.24) is 30.2 Å². The van der Waals surface area contributed by atoms with Gasteiger partial charge in [-0.2, -0.15) is 0 Å². The van der Waals surface area contributed by atoms with Gasteiger partial charge in [-0.05, 0) is 77.2 Å². The fourth-order valence-corrected chi connectivity index (χ4v) is 10.3. The molecule has 0 bridgehead atoms. The van der Waals surface area contributed by atoms with Crippen molar-refractivity contribution < 1.29 is 33.9 Å². The molecule has 0 aromatic heterocycles. The van der Waals surface area contributed by atoms with E-state index in [1.54, 1.807) is 14.7 Å². The van der Waals surface area contributed by atoms with Crippen molar-refractivity contribution in [2.24, 2.45) is 0 Å². The zero-order chi connectivity index (χ0) is 44.5. The third-order valence-electron chi connectivity index (χ3n) is 14.0. The highest BCUT2D eigenvalue weighted by molar-refractivity contribution is 5.97. The van der Waals surface area contributed by atoms with E-state index >= 15 is 0 Å². The lowest BCUT2D eigenvalue weighted by molar-refractivity contribution is -0.151. The summed E-state index contributed by atoms with van der Waals surface area (Å²) in [4.78, 5) is 88.9. The molecule has 14 heteroatoms. The molecule has 4 aliphatic rings. The van der Waals surface area contributed by atoms with Crippen molar-refractivity contribution in [3.05, 3.63) is 0 Å². The van der Waals surface area contributed by atoms with Crippen LogP contribution in [0.2, 0.25) is 0 Å². The smallest absolute Gasteiger partial charge is 0.303 e. The average molecular weight is 908 g/mol. The van der Waals surface area contributed by atoms with Crippen LogP contribution in [0.25, 0.3) is 0 Å². The second-order valence-corrected chi connectivity index (χ2v) is 18.9. The van der Waals surface area contributed by atoms with E-state index in [1.807, 2.05) is 4.90 Å². The minimum Gasteiger partial charge on any atom is -0.481 e. The zero-order valence-corrected chi connectivity index (χ0v) is 40.3. The van der Waals surface area contributed by atoms with Crippen molar-refractivity contribution in [3.8, 4) is 0 Å². The lowest BCUT2D eigenvalue weighted by Gasteiger charge is -2.35. The van der Waals surface area contributed by atoms with E-state index in [1.165, 1.54) is 89.9 Å². The Balaban J connectivity index is 0.0000106. The van der Waals surface area contributed by atoms with Gasteiger partial charge < -0.3 is 35.3 Å². The second-order valence-electron chi connectivity index (χ2n) is 18.9. The molecule has 5 atom stereocenters. The summed E-state index contributed by atoms with van der Waals surface area (Å²) in [7, 11) is 0. The Morgan fingerprint density at radius 3 is 1.41 bits per heavy atom. The van der Waals surface area contributed by atoms with Crippen LogP contribution in [-0.4, -0.2) is 130 Å². The van der Waals surface area contributed by atoms with E-state index in [9.17, 15) is 33.9 Å². The first kappa shape index (κ1) is 54.4. The number of hydrogen-bond acceptors (Lipinski definition) is 7. The predicted molar refractivity (Wildman–Crippen MR) is 252 cm³/mol. The molecule has 4 saturated heterocycles. The molecular weight excluding hydrogens is 820 g/mol. The molecule has 13 nitrogen and oxygen atoms in total. The minimum absolute atomic E-state index is 0. The number of nitrogens with one attached hydrogen (secondary N) is 2. The van der Waals surface area contributed by atoms with Crippen molar-refractivity contribution in [2.75, 3.05) is 39.3 Å². The summed E-state index contributed by atoms with van der Waals surface area (Å²) in [5, 5.41) is 15.9. The first-order valence-corrected chi connectivity index (χ1v) is 25.6. The van der Waals surface area contributed by atoms with E-state index in [2.05, 4.69) is 24.5 Å². The standard InChI is InChI=1S/C49H86N6O7.ClH/c1-3-5-7-9-11-13-15-17-19-21-34-52(35-22-20-18-16-14-12-10-8-6-4-2)46(59)40(31-32-44(56)57)51-45(58)41-28-24-36-53(41)48(61)43-30-26-38-55(43)49(62)42-29-25-37-54(42)47(60)39-27-23-33-50-39;/h39-43,50H,3-38H2,1-2H3,(H,51,58)(H,56,57);1H/t39-,40-,41-,42-,43-;/m0./s1. The largest absolute Gasteiger partial charge is 0.481 e. The van der Waals surface area contributed by atoms with E-state index in [-0.39, 0.29) is 54.9 Å². The van der Waals surface area contributed by atoms with Crippen LogP contribution >= 0.6 is 12.4 Å². The van der Waals surface area contributed by atoms with Gasteiger partial charge in [-0.15, -0.1) is 12.4 Å². The van der Waals surface area contributed by atoms with Gasteiger partial charge in [0.25, 0.3) is 0 Å². The topological polar surface area (TPSA) is 160 Å². The maximum absolute atomic E-state index is 14.4. The molecule has 0 saturated carbocycles. The quantitative estimate of drug-likeness (QED) is 0.0588. The zero-order valence-electron chi connectivity index (χ0n) is 39.4.